The van der Waals surface area contributed by atoms with E-state index in [1.54, 1.807) is 0 Å². The lowest BCUT2D eigenvalue weighted by Gasteiger charge is -2.56. The molecule has 0 radical (unpaired) electrons. The third kappa shape index (κ3) is 3.36. The smallest absolute Gasteiger partial charge is 0.165 e. The molecule has 184 valence electrons. The third-order valence-corrected chi connectivity index (χ3v) is 10.4. The van der Waals surface area contributed by atoms with Crippen LogP contribution in [-0.2, 0) is 4.79 Å². The van der Waals surface area contributed by atoms with Crippen LogP contribution in [-0.4, -0.2) is 26.8 Å². The van der Waals surface area contributed by atoms with Crippen molar-refractivity contribution in [2.24, 2.45) is 28.6 Å². The SMILES string of the molecule is Cc1nn(-c2ccccc2)c(C)c1/C=C1\C[C@H]2[C@@H]3CC=C4C[C@H](O)CC[C@]4(C)[C@H]3CC[C@]2(C)C1=O. The van der Waals surface area contributed by atoms with Crippen molar-refractivity contribution < 1.29 is 9.90 Å². The molecule has 6 rings (SSSR count). The lowest BCUT2D eigenvalue weighted by atomic mass is 9.48. The van der Waals surface area contributed by atoms with Gasteiger partial charge in [-0.2, -0.15) is 5.10 Å². The Bertz CT molecular complexity index is 1240. The quantitative estimate of drug-likeness (QED) is 0.409. The zero-order valence-corrected chi connectivity index (χ0v) is 21.6. The van der Waals surface area contributed by atoms with Crippen molar-refractivity contribution in [2.75, 3.05) is 0 Å². The number of benzene rings is 1. The number of hydrogen-bond donors (Lipinski definition) is 1. The van der Waals surface area contributed by atoms with E-state index in [1.165, 1.54) is 5.57 Å². The van der Waals surface area contributed by atoms with E-state index in [9.17, 15) is 9.90 Å². The predicted molar refractivity (Wildman–Crippen MR) is 139 cm³/mol. The Morgan fingerprint density at radius 2 is 1.77 bits per heavy atom. The number of carbonyl (C=O) groups excluding carboxylic acids is 1. The summed E-state index contributed by atoms with van der Waals surface area (Å²) < 4.78 is 2.00. The first-order valence-electron chi connectivity index (χ1n) is 13.5. The van der Waals surface area contributed by atoms with Gasteiger partial charge in [0.25, 0.3) is 0 Å². The lowest BCUT2D eigenvalue weighted by Crippen LogP contribution is -2.50. The van der Waals surface area contributed by atoms with E-state index in [2.05, 4.69) is 52.0 Å². The van der Waals surface area contributed by atoms with E-state index >= 15 is 0 Å². The molecular formula is C31H38N2O2. The van der Waals surface area contributed by atoms with Gasteiger partial charge in [0, 0.05) is 16.7 Å². The van der Waals surface area contributed by atoms with Crippen LogP contribution in [0.15, 0.2) is 47.6 Å². The second-order valence-electron chi connectivity index (χ2n) is 12.1. The molecule has 0 bridgehead atoms. The molecule has 1 N–H and O–H groups in total. The van der Waals surface area contributed by atoms with E-state index in [4.69, 9.17) is 5.10 Å². The van der Waals surface area contributed by atoms with Gasteiger partial charge in [0.1, 0.15) is 0 Å². The summed E-state index contributed by atoms with van der Waals surface area (Å²) in [5.74, 6) is 1.96. The van der Waals surface area contributed by atoms with Gasteiger partial charge in [0.15, 0.2) is 5.78 Å². The minimum absolute atomic E-state index is 0.175. The number of aryl methyl sites for hydroxylation is 1. The average Bonchev–Trinajstić information content (AvgIpc) is 3.28. The fourth-order valence-electron chi connectivity index (χ4n) is 8.30. The number of ketones is 1. The maximum atomic E-state index is 13.9. The molecule has 1 heterocycles. The number of allylic oxidation sites excluding steroid dienone is 2. The van der Waals surface area contributed by atoms with Crippen molar-refractivity contribution in [1.82, 2.24) is 9.78 Å². The molecule has 1 aromatic heterocycles. The molecule has 3 fully saturated rings. The van der Waals surface area contributed by atoms with Crippen molar-refractivity contribution in [2.45, 2.75) is 78.7 Å². The molecule has 4 aliphatic rings. The van der Waals surface area contributed by atoms with Gasteiger partial charge < -0.3 is 5.11 Å². The van der Waals surface area contributed by atoms with Gasteiger partial charge in [-0.15, -0.1) is 0 Å². The number of rotatable bonds is 2. The highest BCUT2D eigenvalue weighted by atomic mass is 16.3. The van der Waals surface area contributed by atoms with Crippen molar-refractivity contribution in [1.29, 1.82) is 0 Å². The Labute approximate surface area is 209 Å². The number of Topliss-reactive ketones (excluding diaryl/α,β-unsaturated/α-hetero) is 1. The molecule has 0 unspecified atom stereocenters. The van der Waals surface area contributed by atoms with Crippen LogP contribution >= 0.6 is 0 Å². The molecule has 4 nitrogen and oxygen atoms in total. The van der Waals surface area contributed by atoms with Gasteiger partial charge in [-0.3, -0.25) is 4.79 Å². The summed E-state index contributed by atoms with van der Waals surface area (Å²) in [4.78, 5) is 13.9. The molecule has 0 aliphatic heterocycles. The summed E-state index contributed by atoms with van der Waals surface area (Å²) in [5.41, 5.74) is 6.64. The minimum Gasteiger partial charge on any atom is -0.393 e. The third-order valence-electron chi connectivity index (χ3n) is 10.4. The van der Waals surface area contributed by atoms with Crippen molar-refractivity contribution in [3.05, 3.63) is 64.5 Å². The molecule has 0 saturated heterocycles. The standard InChI is InChI=1S/C31H38N2O2/c1-19-26(20(2)33(32-19)23-8-6-5-7-9-23)16-21-17-28-25-11-10-22-18-24(34)12-14-30(22,3)27(25)13-15-31(28,4)29(21)35/h5-10,16,24-25,27-28,34H,11-15,17-18H2,1-4H3/b21-16+/t24-,25-,27+,28+,30+,31+/m1/s1. The Balaban J connectivity index is 1.34. The normalized spacial score (nSPS) is 37.6. The number of fused-ring (bicyclic) bond motifs is 5. The van der Waals surface area contributed by atoms with E-state index in [0.717, 1.165) is 73.2 Å². The Morgan fingerprint density at radius 1 is 1.03 bits per heavy atom. The van der Waals surface area contributed by atoms with E-state index < -0.39 is 0 Å². The maximum absolute atomic E-state index is 13.9. The van der Waals surface area contributed by atoms with Crippen LogP contribution in [0.3, 0.4) is 0 Å². The summed E-state index contributed by atoms with van der Waals surface area (Å²) in [6, 6.07) is 10.2. The highest BCUT2D eigenvalue weighted by Gasteiger charge is 2.59. The van der Waals surface area contributed by atoms with Crippen LogP contribution in [0, 0.1) is 42.4 Å². The zero-order valence-electron chi connectivity index (χ0n) is 21.6. The molecular weight excluding hydrogens is 432 g/mol. The van der Waals surface area contributed by atoms with Crippen LogP contribution < -0.4 is 0 Å². The van der Waals surface area contributed by atoms with Gasteiger partial charge in [-0.1, -0.05) is 43.7 Å². The average molecular weight is 471 g/mol. The molecule has 4 heteroatoms. The van der Waals surface area contributed by atoms with Gasteiger partial charge >= 0.3 is 0 Å². The number of aromatic nitrogens is 2. The first-order chi connectivity index (χ1) is 16.7. The second-order valence-corrected chi connectivity index (χ2v) is 12.1. The van der Waals surface area contributed by atoms with Gasteiger partial charge in [-0.25, -0.2) is 4.68 Å². The highest BCUT2D eigenvalue weighted by Crippen LogP contribution is 2.64. The summed E-state index contributed by atoms with van der Waals surface area (Å²) >= 11 is 0. The Hall–Kier alpha value is -2.46. The van der Waals surface area contributed by atoms with Crippen LogP contribution in [0.5, 0.6) is 0 Å². The molecule has 0 amide bonds. The zero-order chi connectivity index (χ0) is 24.5. The van der Waals surface area contributed by atoms with Crippen molar-refractivity contribution in [3.8, 4) is 5.69 Å². The van der Waals surface area contributed by atoms with Gasteiger partial charge in [-0.05, 0) is 106 Å². The number of nitrogens with zero attached hydrogens (tertiary/aromatic N) is 2. The summed E-state index contributed by atoms with van der Waals surface area (Å²) in [6.07, 6.45) is 11.3. The summed E-state index contributed by atoms with van der Waals surface area (Å²) in [5, 5.41) is 15.1. The number of hydrogen-bond acceptors (Lipinski definition) is 3. The lowest BCUT2D eigenvalue weighted by molar-refractivity contribution is -0.130. The first kappa shape index (κ1) is 23.0. The fourth-order valence-corrected chi connectivity index (χ4v) is 8.30. The Morgan fingerprint density at radius 3 is 2.54 bits per heavy atom. The minimum atomic E-state index is -0.250. The van der Waals surface area contributed by atoms with E-state index in [0.29, 0.717) is 23.5 Å². The summed E-state index contributed by atoms with van der Waals surface area (Å²) in [7, 11) is 0. The Kier molecular flexibility index (Phi) is 5.27. The second kappa shape index (κ2) is 8.03. The molecule has 1 aromatic carbocycles. The molecule has 2 aromatic rings. The van der Waals surface area contributed by atoms with Crippen molar-refractivity contribution in [3.63, 3.8) is 0 Å². The van der Waals surface area contributed by atoms with Crippen LogP contribution in [0.2, 0.25) is 0 Å². The molecule has 0 spiro atoms. The van der Waals surface area contributed by atoms with E-state index in [-0.39, 0.29) is 16.9 Å². The highest BCUT2D eigenvalue weighted by molar-refractivity contribution is 6.06. The fraction of sp³-hybridized carbons (Fsp3) is 0.548. The first-order valence-corrected chi connectivity index (χ1v) is 13.5. The molecule has 4 aliphatic carbocycles. The molecule has 35 heavy (non-hydrogen) atoms. The van der Waals surface area contributed by atoms with Crippen LogP contribution in [0.4, 0.5) is 0 Å². The predicted octanol–water partition coefficient (Wildman–Crippen LogP) is 6.38. The number of aliphatic hydroxyl groups excluding tert-OH is 1. The van der Waals surface area contributed by atoms with Crippen LogP contribution in [0.25, 0.3) is 11.8 Å². The van der Waals surface area contributed by atoms with E-state index in [1.807, 2.05) is 22.9 Å². The van der Waals surface area contributed by atoms with Gasteiger partial charge in [0.05, 0.1) is 17.5 Å². The summed E-state index contributed by atoms with van der Waals surface area (Å²) in [6.45, 7) is 8.85. The van der Waals surface area contributed by atoms with Gasteiger partial charge in [0.2, 0.25) is 0 Å². The topological polar surface area (TPSA) is 55.1 Å². The number of para-hydroxylation sites is 1. The van der Waals surface area contributed by atoms with Crippen LogP contribution in [0.1, 0.15) is 75.7 Å². The molecule has 3 saturated carbocycles. The largest absolute Gasteiger partial charge is 0.393 e. The van der Waals surface area contributed by atoms with Crippen molar-refractivity contribution >= 4 is 11.9 Å². The molecule has 6 atom stereocenters. The number of aliphatic hydroxyl groups is 1. The maximum Gasteiger partial charge on any atom is 0.165 e. The number of carbonyl (C=O) groups is 1. The monoisotopic (exact) mass is 470 g/mol.